The summed E-state index contributed by atoms with van der Waals surface area (Å²) < 4.78 is 0. The molecule has 1 aliphatic rings. The first kappa shape index (κ1) is 16.5. The van der Waals surface area contributed by atoms with Crippen LogP contribution in [-0.2, 0) is 9.59 Å². The third kappa shape index (κ3) is 4.56. The molecule has 0 saturated heterocycles. The van der Waals surface area contributed by atoms with Crippen LogP contribution in [0.25, 0.3) is 0 Å². The summed E-state index contributed by atoms with van der Waals surface area (Å²) in [6.07, 6.45) is 3.20. The predicted octanol–water partition coefficient (Wildman–Crippen LogP) is 1.91. The van der Waals surface area contributed by atoms with Crippen LogP contribution in [0, 0.1) is 19.8 Å². The van der Waals surface area contributed by atoms with Gasteiger partial charge >= 0.3 is 11.8 Å². The SMILES string of the molecule is Cc1ccc(C)c(NC(=O)C(=O)NCC2CCCC(O)C2)c1. The van der Waals surface area contributed by atoms with Gasteiger partial charge in [0.15, 0.2) is 0 Å². The topological polar surface area (TPSA) is 78.4 Å². The number of rotatable bonds is 3. The van der Waals surface area contributed by atoms with Gasteiger partial charge in [-0.25, -0.2) is 0 Å². The van der Waals surface area contributed by atoms with Crippen molar-refractivity contribution in [3.8, 4) is 0 Å². The lowest BCUT2D eigenvalue weighted by atomic mass is 9.87. The maximum Gasteiger partial charge on any atom is 0.313 e. The minimum atomic E-state index is -0.648. The van der Waals surface area contributed by atoms with Gasteiger partial charge in [0.2, 0.25) is 0 Å². The number of carbonyl (C=O) groups excluding carboxylic acids is 2. The number of aliphatic hydroxyl groups excluding tert-OH is 1. The van der Waals surface area contributed by atoms with Crippen LogP contribution in [0.2, 0.25) is 0 Å². The largest absolute Gasteiger partial charge is 0.393 e. The molecular weight excluding hydrogens is 280 g/mol. The van der Waals surface area contributed by atoms with Crippen molar-refractivity contribution in [2.75, 3.05) is 11.9 Å². The Labute approximate surface area is 131 Å². The first-order valence-corrected chi connectivity index (χ1v) is 7.80. The molecule has 120 valence electrons. The van der Waals surface area contributed by atoms with Crippen molar-refractivity contribution in [3.63, 3.8) is 0 Å². The van der Waals surface area contributed by atoms with Crippen LogP contribution < -0.4 is 10.6 Å². The van der Waals surface area contributed by atoms with Gasteiger partial charge in [-0.3, -0.25) is 9.59 Å². The first-order chi connectivity index (χ1) is 10.5. The molecule has 0 bridgehead atoms. The van der Waals surface area contributed by atoms with E-state index in [1.54, 1.807) is 0 Å². The molecule has 1 fully saturated rings. The quantitative estimate of drug-likeness (QED) is 0.746. The van der Waals surface area contributed by atoms with Crippen LogP contribution in [0.4, 0.5) is 5.69 Å². The van der Waals surface area contributed by atoms with E-state index in [-0.39, 0.29) is 12.0 Å². The maximum absolute atomic E-state index is 11.9. The van der Waals surface area contributed by atoms with Crippen LogP contribution in [0.5, 0.6) is 0 Å². The van der Waals surface area contributed by atoms with Gasteiger partial charge in [-0.2, -0.15) is 0 Å². The molecular formula is C17H24N2O3. The van der Waals surface area contributed by atoms with E-state index in [2.05, 4.69) is 10.6 Å². The average molecular weight is 304 g/mol. The van der Waals surface area contributed by atoms with Gasteiger partial charge in [0, 0.05) is 12.2 Å². The van der Waals surface area contributed by atoms with E-state index in [4.69, 9.17) is 0 Å². The zero-order valence-electron chi connectivity index (χ0n) is 13.2. The lowest BCUT2D eigenvalue weighted by Crippen LogP contribution is -2.39. The highest BCUT2D eigenvalue weighted by Gasteiger charge is 2.22. The van der Waals surface area contributed by atoms with Gasteiger partial charge in [-0.05, 0) is 56.2 Å². The van der Waals surface area contributed by atoms with E-state index in [9.17, 15) is 14.7 Å². The van der Waals surface area contributed by atoms with Crippen molar-refractivity contribution < 1.29 is 14.7 Å². The monoisotopic (exact) mass is 304 g/mol. The molecule has 22 heavy (non-hydrogen) atoms. The Balaban J connectivity index is 1.84. The fourth-order valence-corrected chi connectivity index (χ4v) is 2.81. The lowest BCUT2D eigenvalue weighted by Gasteiger charge is -2.25. The Bertz CT molecular complexity index is 557. The van der Waals surface area contributed by atoms with E-state index in [0.717, 1.165) is 30.4 Å². The van der Waals surface area contributed by atoms with Crippen LogP contribution in [-0.4, -0.2) is 29.6 Å². The Morgan fingerprint density at radius 1 is 1.23 bits per heavy atom. The Kier molecular flexibility index (Phi) is 5.55. The van der Waals surface area contributed by atoms with Crippen molar-refractivity contribution in [3.05, 3.63) is 29.3 Å². The zero-order chi connectivity index (χ0) is 16.1. The number of aliphatic hydroxyl groups is 1. The van der Waals surface area contributed by atoms with Crippen molar-refractivity contribution in [1.82, 2.24) is 5.32 Å². The fourth-order valence-electron chi connectivity index (χ4n) is 2.81. The van der Waals surface area contributed by atoms with Crippen LogP contribution in [0.15, 0.2) is 18.2 Å². The summed E-state index contributed by atoms with van der Waals surface area (Å²) in [5.74, 6) is -1.02. The van der Waals surface area contributed by atoms with Crippen LogP contribution in [0.1, 0.15) is 36.8 Å². The average Bonchev–Trinajstić information content (AvgIpc) is 2.48. The maximum atomic E-state index is 11.9. The molecule has 1 saturated carbocycles. The molecule has 0 aliphatic heterocycles. The van der Waals surface area contributed by atoms with Gasteiger partial charge in [0.25, 0.3) is 0 Å². The smallest absolute Gasteiger partial charge is 0.313 e. The Hall–Kier alpha value is -1.88. The van der Waals surface area contributed by atoms with Gasteiger partial charge in [-0.1, -0.05) is 18.6 Å². The highest BCUT2D eigenvalue weighted by molar-refractivity contribution is 6.39. The van der Waals surface area contributed by atoms with Gasteiger partial charge in [0.1, 0.15) is 0 Å². The van der Waals surface area contributed by atoms with Crippen molar-refractivity contribution >= 4 is 17.5 Å². The van der Waals surface area contributed by atoms with E-state index in [1.807, 2.05) is 32.0 Å². The summed E-state index contributed by atoms with van der Waals surface area (Å²) >= 11 is 0. The summed E-state index contributed by atoms with van der Waals surface area (Å²) in [6.45, 7) is 4.26. The minimum Gasteiger partial charge on any atom is -0.393 e. The second kappa shape index (κ2) is 7.40. The molecule has 0 heterocycles. The molecule has 2 atom stereocenters. The van der Waals surface area contributed by atoms with Gasteiger partial charge in [-0.15, -0.1) is 0 Å². The number of carbonyl (C=O) groups is 2. The number of hydrogen-bond acceptors (Lipinski definition) is 3. The second-order valence-electron chi connectivity index (χ2n) is 6.17. The molecule has 0 spiro atoms. The summed E-state index contributed by atoms with van der Waals surface area (Å²) in [5.41, 5.74) is 2.60. The number of hydrogen-bond donors (Lipinski definition) is 3. The molecule has 2 unspecified atom stereocenters. The molecule has 1 aliphatic carbocycles. The Morgan fingerprint density at radius 3 is 2.73 bits per heavy atom. The zero-order valence-corrected chi connectivity index (χ0v) is 13.2. The Morgan fingerprint density at radius 2 is 2.00 bits per heavy atom. The van der Waals surface area contributed by atoms with E-state index in [1.165, 1.54) is 0 Å². The number of amides is 2. The molecule has 3 N–H and O–H groups in total. The summed E-state index contributed by atoms with van der Waals surface area (Å²) in [7, 11) is 0. The third-order valence-corrected chi connectivity index (χ3v) is 4.15. The number of aryl methyl sites for hydroxylation is 2. The van der Waals surface area contributed by atoms with Gasteiger partial charge in [0.05, 0.1) is 6.10 Å². The standard InChI is InChI=1S/C17H24N2O3/c1-11-6-7-12(2)15(8-11)19-17(22)16(21)18-10-13-4-3-5-14(20)9-13/h6-8,13-14,20H,3-5,9-10H2,1-2H3,(H,18,21)(H,19,22). The summed E-state index contributed by atoms with van der Waals surface area (Å²) in [4.78, 5) is 23.8. The van der Waals surface area contributed by atoms with E-state index < -0.39 is 11.8 Å². The second-order valence-corrected chi connectivity index (χ2v) is 6.17. The highest BCUT2D eigenvalue weighted by Crippen LogP contribution is 2.23. The van der Waals surface area contributed by atoms with E-state index >= 15 is 0 Å². The first-order valence-electron chi connectivity index (χ1n) is 7.80. The molecule has 1 aromatic rings. The normalized spacial score (nSPS) is 21.2. The molecule has 5 heteroatoms. The van der Waals surface area contributed by atoms with E-state index in [0.29, 0.717) is 18.7 Å². The van der Waals surface area contributed by atoms with Crippen molar-refractivity contribution in [2.24, 2.45) is 5.92 Å². The van der Waals surface area contributed by atoms with Crippen LogP contribution in [0.3, 0.4) is 0 Å². The van der Waals surface area contributed by atoms with Crippen molar-refractivity contribution in [2.45, 2.75) is 45.6 Å². The minimum absolute atomic E-state index is 0.251. The summed E-state index contributed by atoms with van der Waals surface area (Å²) in [6, 6.07) is 5.71. The molecule has 1 aromatic carbocycles. The fraction of sp³-hybridized carbons (Fsp3) is 0.529. The van der Waals surface area contributed by atoms with Crippen LogP contribution >= 0.6 is 0 Å². The number of anilines is 1. The third-order valence-electron chi connectivity index (χ3n) is 4.15. The lowest BCUT2D eigenvalue weighted by molar-refractivity contribution is -0.136. The molecule has 5 nitrogen and oxygen atoms in total. The molecule has 0 aromatic heterocycles. The number of nitrogens with one attached hydrogen (secondary N) is 2. The molecule has 2 amide bonds. The highest BCUT2D eigenvalue weighted by atomic mass is 16.3. The van der Waals surface area contributed by atoms with Crippen molar-refractivity contribution in [1.29, 1.82) is 0 Å². The summed E-state index contributed by atoms with van der Waals surface area (Å²) in [5, 5.41) is 14.9. The number of benzene rings is 1. The van der Waals surface area contributed by atoms with Gasteiger partial charge < -0.3 is 15.7 Å². The molecule has 2 rings (SSSR count). The predicted molar refractivity (Wildman–Crippen MR) is 85.5 cm³/mol. The molecule has 0 radical (unpaired) electrons.